The van der Waals surface area contributed by atoms with E-state index in [2.05, 4.69) is 15.0 Å². The van der Waals surface area contributed by atoms with E-state index in [9.17, 15) is 18.0 Å². The highest BCUT2D eigenvalue weighted by molar-refractivity contribution is 6.32. The van der Waals surface area contributed by atoms with Crippen molar-refractivity contribution in [3.63, 3.8) is 0 Å². The van der Waals surface area contributed by atoms with E-state index >= 15 is 0 Å². The van der Waals surface area contributed by atoms with Gasteiger partial charge < -0.3 is 14.8 Å². The molecule has 2 aromatic carbocycles. The molecule has 0 radical (unpaired) electrons. The number of carbonyl (C=O) groups excluding carboxylic acids is 1. The van der Waals surface area contributed by atoms with Crippen molar-refractivity contribution in [3.8, 4) is 11.5 Å². The first-order valence-corrected chi connectivity index (χ1v) is 10.1. The predicted molar refractivity (Wildman–Crippen MR) is 111 cm³/mol. The third kappa shape index (κ3) is 6.04. The average molecular weight is 457 g/mol. The average Bonchev–Trinajstić information content (AvgIpc) is 2.64. The first kappa shape index (κ1) is 23.2. The molecule has 0 atom stereocenters. The Morgan fingerprint density at radius 3 is 2.39 bits per heavy atom. The van der Waals surface area contributed by atoms with Crippen molar-refractivity contribution in [2.75, 3.05) is 20.1 Å². The highest BCUT2D eigenvalue weighted by Gasteiger charge is 2.32. The lowest BCUT2D eigenvalue weighted by Gasteiger charge is -2.38. The molecule has 0 spiro atoms. The number of benzene rings is 2. The van der Waals surface area contributed by atoms with Crippen LogP contribution in [-0.2, 0) is 17.9 Å². The Morgan fingerprint density at radius 2 is 1.81 bits per heavy atom. The SMILES string of the molecule is CNC(=O)C1CN(Cc2cc(C)c(OCc3ccc(Cl)c(OC(F)(F)F)c3)c(C)c2)C1. The second-order valence-corrected chi connectivity index (χ2v) is 8.07. The van der Waals surface area contributed by atoms with Gasteiger partial charge in [0.2, 0.25) is 5.91 Å². The van der Waals surface area contributed by atoms with Crippen LogP contribution in [0.4, 0.5) is 13.2 Å². The van der Waals surface area contributed by atoms with Crippen LogP contribution in [0, 0.1) is 19.8 Å². The molecule has 0 aromatic heterocycles. The number of rotatable bonds is 7. The number of halogens is 4. The number of likely N-dealkylation sites (tertiary alicyclic amines) is 1. The summed E-state index contributed by atoms with van der Waals surface area (Å²) < 4.78 is 47.4. The van der Waals surface area contributed by atoms with Crippen LogP contribution in [0.15, 0.2) is 30.3 Å². The molecule has 0 saturated carbocycles. The van der Waals surface area contributed by atoms with Crippen molar-refractivity contribution >= 4 is 17.5 Å². The smallest absolute Gasteiger partial charge is 0.488 e. The van der Waals surface area contributed by atoms with E-state index in [4.69, 9.17) is 16.3 Å². The molecule has 1 saturated heterocycles. The van der Waals surface area contributed by atoms with Crippen LogP contribution in [0.25, 0.3) is 0 Å². The quantitative estimate of drug-likeness (QED) is 0.661. The van der Waals surface area contributed by atoms with Crippen LogP contribution in [0.2, 0.25) is 5.02 Å². The molecule has 1 N–H and O–H groups in total. The maximum atomic E-state index is 12.5. The number of alkyl halides is 3. The van der Waals surface area contributed by atoms with Crippen LogP contribution in [-0.4, -0.2) is 37.3 Å². The zero-order chi connectivity index (χ0) is 22.8. The highest BCUT2D eigenvalue weighted by atomic mass is 35.5. The summed E-state index contributed by atoms with van der Waals surface area (Å²) in [4.78, 5) is 13.8. The van der Waals surface area contributed by atoms with Gasteiger partial charge in [-0.25, -0.2) is 0 Å². The Labute approximate surface area is 184 Å². The molecule has 9 heteroatoms. The van der Waals surface area contributed by atoms with Gasteiger partial charge in [-0.1, -0.05) is 29.8 Å². The third-order valence-corrected chi connectivity index (χ3v) is 5.42. The summed E-state index contributed by atoms with van der Waals surface area (Å²) in [5.41, 5.74) is 3.48. The molecule has 3 rings (SSSR count). The number of ether oxygens (including phenoxy) is 2. The van der Waals surface area contributed by atoms with Gasteiger partial charge in [-0.3, -0.25) is 9.69 Å². The van der Waals surface area contributed by atoms with Crippen LogP contribution >= 0.6 is 11.6 Å². The minimum absolute atomic E-state index is 0.0420. The molecular formula is C22H24ClF3N2O3. The first-order chi connectivity index (χ1) is 14.6. The summed E-state index contributed by atoms with van der Waals surface area (Å²) in [6.45, 7) is 6.13. The number of hydrogen-bond acceptors (Lipinski definition) is 4. The van der Waals surface area contributed by atoms with Gasteiger partial charge in [0.15, 0.2) is 0 Å². The largest absolute Gasteiger partial charge is 0.573 e. The van der Waals surface area contributed by atoms with Crippen LogP contribution < -0.4 is 14.8 Å². The van der Waals surface area contributed by atoms with Gasteiger partial charge in [0.05, 0.1) is 10.9 Å². The van der Waals surface area contributed by atoms with E-state index in [1.165, 1.54) is 12.1 Å². The highest BCUT2D eigenvalue weighted by Crippen LogP contribution is 2.32. The van der Waals surface area contributed by atoms with Crippen molar-refractivity contribution in [3.05, 3.63) is 57.6 Å². The lowest BCUT2D eigenvalue weighted by molar-refractivity contribution is -0.274. The molecule has 5 nitrogen and oxygen atoms in total. The maximum absolute atomic E-state index is 12.5. The van der Waals surface area contributed by atoms with E-state index in [1.54, 1.807) is 13.1 Å². The van der Waals surface area contributed by atoms with E-state index in [-0.39, 0.29) is 23.5 Å². The topological polar surface area (TPSA) is 50.8 Å². The molecule has 1 aliphatic heterocycles. The van der Waals surface area contributed by atoms with Crippen molar-refractivity contribution < 1.29 is 27.4 Å². The van der Waals surface area contributed by atoms with Gasteiger partial charge >= 0.3 is 6.36 Å². The number of amides is 1. The molecule has 0 bridgehead atoms. The summed E-state index contributed by atoms with van der Waals surface area (Å²) in [5.74, 6) is 0.339. The Kier molecular flexibility index (Phi) is 7.01. The second kappa shape index (κ2) is 9.36. The second-order valence-electron chi connectivity index (χ2n) is 7.67. The van der Waals surface area contributed by atoms with E-state index in [1.807, 2.05) is 26.0 Å². The normalized spacial score (nSPS) is 14.8. The Bertz CT molecular complexity index is 936. The summed E-state index contributed by atoms with van der Waals surface area (Å²) >= 11 is 5.79. The lowest BCUT2D eigenvalue weighted by Crippen LogP contribution is -2.52. The zero-order valence-electron chi connectivity index (χ0n) is 17.5. The molecule has 168 valence electrons. The summed E-state index contributed by atoms with van der Waals surface area (Å²) in [7, 11) is 1.64. The number of nitrogens with zero attached hydrogens (tertiary/aromatic N) is 1. The van der Waals surface area contributed by atoms with Gasteiger partial charge in [-0.2, -0.15) is 0 Å². The molecule has 1 amide bonds. The van der Waals surface area contributed by atoms with E-state index < -0.39 is 12.1 Å². The molecule has 0 unspecified atom stereocenters. The fourth-order valence-electron chi connectivity index (χ4n) is 3.68. The molecule has 1 aliphatic rings. The molecule has 1 fully saturated rings. The molecule has 2 aromatic rings. The maximum Gasteiger partial charge on any atom is 0.573 e. The van der Waals surface area contributed by atoms with E-state index in [0.29, 0.717) is 11.3 Å². The minimum atomic E-state index is -4.82. The molecule has 31 heavy (non-hydrogen) atoms. The summed E-state index contributed by atoms with van der Waals surface area (Å²) in [6, 6.07) is 8.22. The van der Waals surface area contributed by atoms with Gasteiger partial charge in [-0.15, -0.1) is 13.2 Å². The van der Waals surface area contributed by atoms with Crippen LogP contribution in [0.5, 0.6) is 11.5 Å². The van der Waals surface area contributed by atoms with E-state index in [0.717, 1.165) is 36.3 Å². The number of carbonyl (C=O) groups is 1. The fraction of sp³-hybridized carbons (Fsp3) is 0.409. The van der Waals surface area contributed by atoms with Crippen LogP contribution in [0.3, 0.4) is 0 Å². The molecule has 0 aliphatic carbocycles. The van der Waals surface area contributed by atoms with Crippen molar-refractivity contribution in [1.29, 1.82) is 0 Å². The molecule has 1 heterocycles. The number of aryl methyl sites for hydroxylation is 2. The van der Waals surface area contributed by atoms with Gasteiger partial charge in [0.25, 0.3) is 0 Å². The minimum Gasteiger partial charge on any atom is -0.488 e. The van der Waals surface area contributed by atoms with Crippen molar-refractivity contribution in [2.24, 2.45) is 5.92 Å². The standard InChI is InChI=1S/C22H24ClF3N2O3/c1-13-6-16(9-28-10-17(11-28)21(29)27-3)7-14(2)20(13)30-12-15-4-5-18(23)19(8-15)31-22(24,25)26/h4-8,17H,9-12H2,1-3H3,(H,27,29). The lowest BCUT2D eigenvalue weighted by atomic mass is 9.97. The van der Waals surface area contributed by atoms with Gasteiger partial charge in [0, 0.05) is 26.7 Å². The number of nitrogens with one attached hydrogen (secondary N) is 1. The number of hydrogen-bond donors (Lipinski definition) is 1. The summed E-state index contributed by atoms with van der Waals surface area (Å²) in [5, 5.41) is 2.55. The van der Waals surface area contributed by atoms with Crippen LogP contribution in [0.1, 0.15) is 22.3 Å². The monoisotopic (exact) mass is 456 g/mol. The predicted octanol–water partition coefficient (Wildman–Crippen LogP) is 4.61. The third-order valence-electron chi connectivity index (χ3n) is 5.11. The fourth-order valence-corrected chi connectivity index (χ4v) is 3.84. The van der Waals surface area contributed by atoms with Gasteiger partial charge in [-0.05, 0) is 48.2 Å². The Hall–Kier alpha value is -2.45. The van der Waals surface area contributed by atoms with Crippen molar-refractivity contribution in [1.82, 2.24) is 10.2 Å². The zero-order valence-corrected chi connectivity index (χ0v) is 18.2. The van der Waals surface area contributed by atoms with Crippen molar-refractivity contribution in [2.45, 2.75) is 33.4 Å². The Morgan fingerprint density at radius 1 is 1.16 bits per heavy atom. The summed E-state index contributed by atoms with van der Waals surface area (Å²) in [6.07, 6.45) is -4.82. The molecular weight excluding hydrogens is 433 g/mol. The van der Waals surface area contributed by atoms with Gasteiger partial charge in [0.1, 0.15) is 18.1 Å². The Balaban J connectivity index is 1.63. The first-order valence-electron chi connectivity index (χ1n) is 9.76.